The molecule has 2 fully saturated rings. The molecule has 0 N–H and O–H groups in total. The molecule has 0 radical (unpaired) electrons. The molecule has 10 heteroatoms. The Morgan fingerprint density at radius 3 is 1.31 bits per heavy atom. The van der Waals surface area contributed by atoms with E-state index in [2.05, 4.69) is 0 Å². The first-order valence-electron chi connectivity index (χ1n) is 13.0. The summed E-state index contributed by atoms with van der Waals surface area (Å²) in [5.41, 5.74) is 1.74. The lowest BCUT2D eigenvalue weighted by molar-refractivity contribution is -0.117. The Labute approximate surface area is 223 Å². The minimum absolute atomic E-state index is 0.291. The molecule has 0 saturated carbocycles. The number of hydrogen-bond acceptors (Lipinski definition) is 8. The number of rotatable bonds is 17. The van der Waals surface area contributed by atoms with Crippen molar-refractivity contribution in [1.82, 2.24) is 9.80 Å². The summed E-state index contributed by atoms with van der Waals surface area (Å²) in [4.78, 5) is 51.1. The maximum Gasteiger partial charge on any atom is 0.371 e. The standard InChI is InChI=1S/C26H40N2O6S2/c1-21(23-13-17-33-25(31)35-23)27(19-29)15-11-9-7-5-3-4-6-8-10-12-16-28(20-30)22(2)24-14-18-34-26(32)36-24/h19-20H,3-18H2,1-2H3/b23-21-,24-22+. The summed E-state index contributed by atoms with van der Waals surface area (Å²) in [6, 6.07) is 0. The van der Waals surface area contributed by atoms with E-state index in [0.29, 0.717) is 39.1 Å². The number of cyclic esters (lactones) is 2. The Kier molecular flexibility index (Phi) is 14.7. The number of hydrogen-bond donors (Lipinski definition) is 0. The van der Waals surface area contributed by atoms with Crippen LogP contribution in [0.3, 0.4) is 0 Å². The minimum atomic E-state index is -0.291. The molecule has 8 nitrogen and oxygen atoms in total. The summed E-state index contributed by atoms with van der Waals surface area (Å²) >= 11 is 2.18. The van der Waals surface area contributed by atoms with Crippen LogP contribution in [-0.4, -0.2) is 59.5 Å². The van der Waals surface area contributed by atoms with Gasteiger partial charge in [0.05, 0.1) is 13.2 Å². The summed E-state index contributed by atoms with van der Waals surface area (Å²) in [6.07, 6.45) is 14.4. The van der Waals surface area contributed by atoms with Crippen LogP contribution in [0, 0.1) is 0 Å². The maximum absolute atomic E-state index is 11.5. The Morgan fingerprint density at radius 1 is 0.667 bits per heavy atom. The number of carbonyl (C=O) groups excluding carboxylic acids is 4. The van der Waals surface area contributed by atoms with E-state index in [0.717, 1.165) is 96.1 Å². The van der Waals surface area contributed by atoms with Crippen LogP contribution >= 0.6 is 23.5 Å². The quantitative estimate of drug-likeness (QED) is 0.113. The smallest absolute Gasteiger partial charge is 0.371 e. The third-order valence-corrected chi connectivity index (χ3v) is 8.54. The van der Waals surface area contributed by atoms with Crippen LogP contribution in [0.1, 0.15) is 90.9 Å². The third kappa shape index (κ3) is 11.0. The summed E-state index contributed by atoms with van der Waals surface area (Å²) in [6.45, 7) is 5.95. The van der Waals surface area contributed by atoms with Crippen molar-refractivity contribution >= 4 is 46.9 Å². The Morgan fingerprint density at radius 2 is 1.00 bits per heavy atom. The second kappa shape index (κ2) is 17.5. The van der Waals surface area contributed by atoms with Gasteiger partial charge in [0.2, 0.25) is 12.8 Å². The molecule has 0 aliphatic carbocycles. The van der Waals surface area contributed by atoms with Crippen molar-refractivity contribution < 1.29 is 28.7 Å². The molecule has 2 aliphatic rings. The van der Waals surface area contributed by atoms with Crippen molar-refractivity contribution in [1.29, 1.82) is 0 Å². The summed E-state index contributed by atoms with van der Waals surface area (Å²) in [5.74, 6) is 0. The van der Waals surface area contributed by atoms with E-state index in [4.69, 9.17) is 9.47 Å². The predicted octanol–water partition coefficient (Wildman–Crippen LogP) is 6.81. The van der Waals surface area contributed by atoms with E-state index >= 15 is 0 Å². The summed E-state index contributed by atoms with van der Waals surface area (Å²) < 4.78 is 9.89. The zero-order valence-corrected chi connectivity index (χ0v) is 23.3. The van der Waals surface area contributed by atoms with Gasteiger partial charge in [0, 0.05) is 47.1 Å². The van der Waals surface area contributed by atoms with Crippen LogP contribution in [0.15, 0.2) is 21.2 Å². The number of amides is 2. The van der Waals surface area contributed by atoms with E-state index in [9.17, 15) is 19.2 Å². The fourth-order valence-electron chi connectivity index (χ4n) is 4.22. The van der Waals surface area contributed by atoms with E-state index in [-0.39, 0.29) is 10.6 Å². The van der Waals surface area contributed by atoms with E-state index in [1.165, 1.54) is 25.7 Å². The Balaban J connectivity index is 1.49. The van der Waals surface area contributed by atoms with Gasteiger partial charge in [-0.05, 0) is 50.2 Å². The molecule has 0 spiro atoms. The van der Waals surface area contributed by atoms with Gasteiger partial charge >= 0.3 is 10.6 Å². The van der Waals surface area contributed by atoms with Crippen LogP contribution in [0.5, 0.6) is 0 Å². The van der Waals surface area contributed by atoms with Crippen molar-refractivity contribution in [3.63, 3.8) is 0 Å². The molecule has 0 aromatic rings. The average Bonchev–Trinajstić information content (AvgIpc) is 2.88. The lowest BCUT2D eigenvalue weighted by atomic mass is 10.1. The molecule has 0 bridgehead atoms. The fourth-order valence-corrected chi connectivity index (χ4v) is 5.81. The number of allylic oxidation sites excluding steroid dienone is 2. The van der Waals surface area contributed by atoms with Gasteiger partial charge in [0.25, 0.3) is 0 Å². The number of nitrogens with zero attached hydrogens (tertiary/aromatic N) is 2. The summed E-state index contributed by atoms with van der Waals surface area (Å²) in [5, 5.41) is -0.582. The minimum Gasteiger partial charge on any atom is -0.457 e. The van der Waals surface area contributed by atoms with Crippen molar-refractivity contribution in [2.75, 3.05) is 26.3 Å². The van der Waals surface area contributed by atoms with Gasteiger partial charge in [-0.25, -0.2) is 9.59 Å². The third-order valence-electron chi connectivity index (χ3n) is 6.48. The predicted molar refractivity (Wildman–Crippen MR) is 144 cm³/mol. The second-order valence-corrected chi connectivity index (χ2v) is 11.1. The second-order valence-electron chi connectivity index (χ2n) is 9.05. The molecular formula is C26H40N2O6S2. The van der Waals surface area contributed by atoms with Crippen LogP contribution in [-0.2, 0) is 19.1 Å². The van der Waals surface area contributed by atoms with Gasteiger partial charge in [-0.2, -0.15) is 0 Å². The highest BCUT2D eigenvalue weighted by Crippen LogP contribution is 2.31. The lowest BCUT2D eigenvalue weighted by Gasteiger charge is -2.23. The van der Waals surface area contributed by atoms with Crippen molar-refractivity contribution in [3.05, 3.63) is 21.2 Å². The topological polar surface area (TPSA) is 93.2 Å². The molecule has 0 aromatic carbocycles. The number of thioether (sulfide) groups is 2. The van der Waals surface area contributed by atoms with Crippen LogP contribution in [0.4, 0.5) is 9.59 Å². The number of carbonyl (C=O) groups is 4. The first-order chi connectivity index (χ1) is 17.5. The van der Waals surface area contributed by atoms with E-state index in [1.54, 1.807) is 9.80 Å². The van der Waals surface area contributed by atoms with Gasteiger partial charge in [0.15, 0.2) is 0 Å². The first-order valence-corrected chi connectivity index (χ1v) is 14.6. The highest BCUT2D eigenvalue weighted by atomic mass is 32.2. The zero-order valence-electron chi connectivity index (χ0n) is 21.6. The van der Waals surface area contributed by atoms with Crippen molar-refractivity contribution in [3.8, 4) is 0 Å². The fraction of sp³-hybridized carbons (Fsp3) is 0.692. The molecule has 202 valence electrons. The number of unbranched alkanes of at least 4 members (excludes halogenated alkanes) is 9. The monoisotopic (exact) mass is 540 g/mol. The maximum atomic E-state index is 11.5. The average molecular weight is 541 g/mol. The normalized spacial score (nSPS) is 18.7. The Hall–Kier alpha value is -1.94. The van der Waals surface area contributed by atoms with Crippen molar-refractivity contribution in [2.45, 2.75) is 90.9 Å². The largest absolute Gasteiger partial charge is 0.457 e. The zero-order chi connectivity index (χ0) is 26.2. The molecule has 2 aliphatic heterocycles. The molecule has 2 rings (SSSR count). The summed E-state index contributed by atoms with van der Waals surface area (Å²) in [7, 11) is 0. The highest BCUT2D eigenvalue weighted by molar-refractivity contribution is 8.16. The van der Waals surface area contributed by atoms with Gasteiger partial charge in [0.1, 0.15) is 0 Å². The van der Waals surface area contributed by atoms with Crippen molar-refractivity contribution in [2.24, 2.45) is 0 Å². The van der Waals surface area contributed by atoms with Gasteiger partial charge < -0.3 is 19.3 Å². The molecule has 2 saturated heterocycles. The van der Waals surface area contributed by atoms with Gasteiger partial charge in [-0.1, -0.05) is 51.4 Å². The SMILES string of the molecule is C/C(=C1\CCOC(=O)S1)N(C=O)CCCCCCCCCCCCN(C=O)/C(C)=C1\CCOC(=O)S1. The van der Waals surface area contributed by atoms with Crippen LogP contribution < -0.4 is 0 Å². The van der Waals surface area contributed by atoms with Crippen LogP contribution in [0.25, 0.3) is 0 Å². The van der Waals surface area contributed by atoms with Gasteiger partial charge in [-0.3, -0.25) is 9.59 Å². The van der Waals surface area contributed by atoms with Gasteiger partial charge in [-0.15, -0.1) is 0 Å². The molecule has 0 unspecified atom stereocenters. The van der Waals surface area contributed by atoms with E-state index in [1.807, 2.05) is 13.8 Å². The molecule has 2 heterocycles. The van der Waals surface area contributed by atoms with E-state index < -0.39 is 0 Å². The number of ether oxygens (including phenoxy) is 2. The lowest BCUT2D eigenvalue weighted by Crippen LogP contribution is -2.23. The van der Waals surface area contributed by atoms with Crippen LogP contribution in [0.2, 0.25) is 0 Å². The molecule has 0 atom stereocenters. The molecule has 0 aromatic heterocycles. The molecular weight excluding hydrogens is 500 g/mol. The highest BCUT2D eigenvalue weighted by Gasteiger charge is 2.21. The Bertz CT molecular complexity index is 748. The molecule has 36 heavy (non-hydrogen) atoms. The first kappa shape index (κ1) is 30.3. The molecule has 2 amide bonds.